The van der Waals surface area contributed by atoms with Crippen LogP contribution in [0.5, 0.6) is 5.75 Å². The summed E-state index contributed by atoms with van der Waals surface area (Å²) in [5.41, 5.74) is 2.39. The van der Waals surface area contributed by atoms with E-state index in [4.69, 9.17) is 4.74 Å². The summed E-state index contributed by atoms with van der Waals surface area (Å²) in [6.45, 7) is 3.04. The Labute approximate surface area is 140 Å². The first-order chi connectivity index (χ1) is 11.4. The van der Waals surface area contributed by atoms with Gasteiger partial charge in [0.2, 0.25) is 0 Å². The van der Waals surface area contributed by atoms with Crippen LogP contribution >= 0.6 is 0 Å². The maximum Gasteiger partial charge on any atom is 0.119 e. The summed E-state index contributed by atoms with van der Waals surface area (Å²) in [6, 6.07) is 18.6. The Morgan fingerprint density at radius 3 is 2.04 bits per heavy atom. The van der Waals surface area contributed by atoms with Crippen molar-refractivity contribution in [3.63, 3.8) is 0 Å². The molecule has 0 aliphatic rings. The molecule has 0 amide bonds. The lowest BCUT2D eigenvalue weighted by Gasteiger charge is -2.05. The zero-order valence-corrected chi connectivity index (χ0v) is 13.9. The molecule has 2 aromatic rings. The molecule has 23 heavy (non-hydrogen) atoms. The standard InChI is InChI=1S/C22H26O/c1-2-3-4-10-19-23-22-17-15-21(16-18-22)14-9-8-13-20-11-6-5-7-12-20/h5-9,11-18H,2-4,10,19H2,1H3. The van der Waals surface area contributed by atoms with Crippen LogP contribution in [0.2, 0.25) is 0 Å². The first kappa shape index (κ1) is 17.1. The second-order valence-corrected chi connectivity index (χ2v) is 5.61. The Kier molecular flexibility index (Phi) is 7.76. The van der Waals surface area contributed by atoms with Gasteiger partial charge in [-0.3, -0.25) is 0 Å². The highest BCUT2D eigenvalue weighted by atomic mass is 16.5. The normalized spacial score (nSPS) is 11.3. The fraction of sp³-hybridized carbons (Fsp3) is 0.273. The minimum atomic E-state index is 0.814. The van der Waals surface area contributed by atoms with Crippen LogP contribution in [0.3, 0.4) is 0 Å². The van der Waals surface area contributed by atoms with Gasteiger partial charge in [-0.05, 0) is 29.7 Å². The Bertz CT molecular complexity index is 594. The molecule has 0 spiro atoms. The molecule has 0 fully saturated rings. The van der Waals surface area contributed by atoms with Crippen LogP contribution in [0.1, 0.15) is 43.7 Å². The topological polar surface area (TPSA) is 9.23 Å². The van der Waals surface area contributed by atoms with Gasteiger partial charge in [0.25, 0.3) is 0 Å². The third kappa shape index (κ3) is 7.01. The molecular formula is C22H26O. The summed E-state index contributed by atoms with van der Waals surface area (Å²) in [6.07, 6.45) is 13.3. The largest absolute Gasteiger partial charge is 0.494 e. The van der Waals surface area contributed by atoms with Gasteiger partial charge in [0.1, 0.15) is 5.75 Å². The molecule has 2 aromatic carbocycles. The molecule has 1 heteroatoms. The highest BCUT2D eigenvalue weighted by Gasteiger charge is 1.94. The van der Waals surface area contributed by atoms with E-state index in [1.54, 1.807) is 0 Å². The van der Waals surface area contributed by atoms with Crippen LogP contribution in [0.25, 0.3) is 12.2 Å². The van der Waals surface area contributed by atoms with Gasteiger partial charge in [-0.2, -0.15) is 0 Å². The SMILES string of the molecule is CCCCCCOc1ccc(C=CC=Cc2ccccc2)cc1. The molecular weight excluding hydrogens is 280 g/mol. The monoisotopic (exact) mass is 306 g/mol. The molecule has 0 heterocycles. The highest BCUT2D eigenvalue weighted by molar-refractivity contribution is 5.57. The minimum Gasteiger partial charge on any atom is -0.494 e. The van der Waals surface area contributed by atoms with Crippen molar-refractivity contribution in [2.24, 2.45) is 0 Å². The van der Waals surface area contributed by atoms with Crippen molar-refractivity contribution in [2.45, 2.75) is 32.6 Å². The first-order valence-corrected chi connectivity index (χ1v) is 8.51. The van der Waals surface area contributed by atoms with Gasteiger partial charge in [-0.25, -0.2) is 0 Å². The van der Waals surface area contributed by atoms with Gasteiger partial charge in [-0.1, -0.05) is 93.0 Å². The average molecular weight is 306 g/mol. The second-order valence-electron chi connectivity index (χ2n) is 5.61. The lowest BCUT2D eigenvalue weighted by atomic mass is 10.2. The Hall–Kier alpha value is -2.28. The molecule has 0 saturated carbocycles. The summed E-state index contributed by atoms with van der Waals surface area (Å²) >= 11 is 0. The molecule has 2 rings (SSSR count). The van der Waals surface area contributed by atoms with Crippen LogP contribution in [-0.4, -0.2) is 6.61 Å². The number of hydrogen-bond acceptors (Lipinski definition) is 1. The molecule has 0 saturated heterocycles. The summed E-state index contributed by atoms with van der Waals surface area (Å²) in [5, 5.41) is 0. The number of hydrogen-bond donors (Lipinski definition) is 0. The van der Waals surface area contributed by atoms with Crippen molar-refractivity contribution in [2.75, 3.05) is 6.61 Å². The Morgan fingerprint density at radius 1 is 0.739 bits per heavy atom. The Balaban J connectivity index is 1.76. The fourth-order valence-corrected chi connectivity index (χ4v) is 2.29. The summed E-state index contributed by atoms with van der Waals surface area (Å²) in [7, 11) is 0. The molecule has 120 valence electrons. The van der Waals surface area contributed by atoms with Crippen molar-refractivity contribution in [1.29, 1.82) is 0 Å². The summed E-state index contributed by atoms with van der Waals surface area (Å²) in [4.78, 5) is 0. The third-order valence-electron chi connectivity index (χ3n) is 3.63. The molecule has 0 radical (unpaired) electrons. The first-order valence-electron chi connectivity index (χ1n) is 8.51. The quantitative estimate of drug-likeness (QED) is 0.386. The summed E-state index contributed by atoms with van der Waals surface area (Å²) < 4.78 is 5.75. The van der Waals surface area contributed by atoms with E-state index in [0.717, 1.165) is 18.8 Å². The van der Waals surface area contributed by atoms with Gasteiger partial charge in [0, 0.05) is 0 Å². The predicted molar refractivity (Wildman–Crippen MR) is 101 cm³/mol. The molecule has 0 bridgehead atoms. The number of ether oxygens (including phenoxy) is 1. The Morgan fingerprint density at radius 2 is 1.39 bits per heavy atom. The smallest absolute Gasteiger partial charge is 0.119 e. The van der Waals surface area contributed by atoms with E-state index in [1.807, 2.05) is 30.3 Å². The van der Waals surface area contributed by atoms with E-state index in [2.05, 4.69) is 55.5 Å². The lowest BCUT2D eigenvalue weighted by Crippen LogP contribution is -1.96. The van der Waals surface area contributed by atoms with Crippen LogP contribution in [0.15, 0.2) is 66.7 Å². The number of allylic oxidation sites excluding steroid dienone is 2. The molecule has 0 N–H and O–H groups in total. The number of rotatable bonds is 9. The molecule has 0 unspecified atom stereocenters. The fourth-order valence-electron chi connectivity index (χ4n) is 2.29. The molecule has 0 atom stereocenters. The van der Waals surface area contributed by atoms with E-state index in [0.29, 0.717) is 0 Å². The van der Waals surface area contributed by atoms with Crippen LogP contribution < -0.4 is 4.74 Å². The predicted octanol–water partition coefficient (Wildman–Crippen LogP) is 6.37. The minimum absolute atomic E-state index is 0.814. The van der Waals surface area contributed by atoms with E-state index in [-0.39, 0.29) is 0 Å². The van der Waals surface area contributed by atoms with Gasteiger partial charge in [0.05, 0.1) is 6.61 Å². The van der Waals surface area contributed by atoms with Gasteiger partial charge < -0.3 is 4.74 Å². The second kappa shape index (κ2) is 10.4. The van der Waals surface area contributed by atoms with Gasteiger partial charge >= 0.3 is 0 Å². The highest BCUT2D eigenvalue weighted by Crippen LogP contribution is 2.14. The third-order valence-corrected chi connectivity index (χ3v) is 3.63. The van der Waals surface area contributed by atoms with E-state index in [9.17, 15) is 0 Å². The van der Waals surface area contributed by atoms with Crippen LogP contribution in [-0.2, 0) is 0 Å². The van der Waals surface area contributed by atoms with Gasteiger partial charge in [0.15, 0.2) is 0 Å². The molecule has 0 aliphatic heterocycles. The van der Waals surface area contributed by atoms with Crippen molar-refractivity contribution in [3.05, 3.63) is 77.9 Å². The zero-order chi connectivity index (χ0) is 16.2. The van der Waals surface area contributed by atoms with Crippen molar-refractivity contribution in [3.8, 4) is 5.75 Å². The van der Waals surface area contributed by atoms with Crippen molar-refractivity contribution < 1.29 is 4.74 Å². The molecule has 0 aromatic heterocycles. The van der Waals surface area contributed by atoms with Gasteiger partial charge in [-0.15, -0.1) is 0 Å². The van der Waals surface area contributed by atoms with Crippen LogP contribution in [0, 0.1) is 0 Å². The van der Waals surface area contributed by atoms with E-state index < -0.39 is 0 Å². The maximum absolute atomic E-state index is 5.75. The zero-order valence-electron chi connectivity index (χ0n) is 13.9. The molecule has 0 aliphatic carbocycles. The average Bonchev–Trinajstić information content (AvgIpc) is 2.61. The maximum atomic E-state index is 5.75. The van der Waals surface area contributed by atoms with Crippen molar-refractivity contribution >= 4 is 12.2 Å². The number of benzene rings is 2. The lowest BCUT2D eigenvalue weighted by molar-refractivity contribution is 0.305. The van der Waals surface area contributed by atoms with E-state index in [1.165, 1.54) is 30.4 Å². The van der Waals surface area contributed by atoms with E-state index >= 15 is 0 Å². The number of unbranched alkanes of at least 4 members (excludes halogenated alkanes) is 3. The van der Waals surface area contributed by atoms with Crippen LogP contribution in [0.4, 0.5) is 0 Å². The molecule has 1 nitrogen and oxygen atoms in total. The summed E-state index contributed by atoms with van der Waals surface area (Å²) in [5.74, 6) is 0.957. The van der Waals surface area contributed by atoms with Crippen molar-refractivity contribution in [1.82, 2.24) is 0 Å².